The van der Waals surface area contributed by atoms with Crippen LogP contribution in [0.4, 0.5) is 5.69 Å². The second-order valence-electron chi connectivity index (χ2n) is 4.26. The molecule has 0 saturated carbocycles. The van der Waals surface area contributed by atoms with Gasteiger partial charge >= 0.3 is 5.97 Å². The first-order valence-corrected chi connectivity index (χ1v) is 6.21. The first-order chi connectivity index (χ1) is 9.20. The van der Waals surface area contributed by atoms with Crippen LogP contribution in [0.15, 0.2) is 42.9 Å². The molecule has 0 spiro atoms. The van der Waals surface area contributed by atoms with Crippen LogP contribution in [0.1, 0.15) is 12.6 Å². The molecule has 19 heavy (non-hydrogen) atoms. The maximum atomic E-state index is 11.0. The van der Waals surface area contributed by atoms with E-state index in [1.54, 1.807) is 12.5 Å². The number of imidazole rings is 1. The summed E-state index contributed by atoms with van der Waals surface area (Å²) in [5, 5.41) is 9.04. The van der Waals surface area contributed by atoms with E-state index >= 15 is 0 Å². The molecule has 0 fully saturated rings. The number of hydrogen-bond donors (Lipinski definition) is 1. The van der Waals surface area contributed by atoms with E-state index in [9.17, 15) is 4.79 Å². The SMILES string of the molecule is CCn1cncc1CN(CC(=O)O)c1ccccc1. The van der Waals surface area contributed by atoms with Crippen molar-refractivity contribution in [1.29, 1.82) is 0 Å². The molecule has 0 radical (unpaired) electrons. The zero-order valence-electron chi connectivity index (χ0n) is 10.9. The highest BCUT2D eigenvalue weighted by Crippen LogP contribution is 2.16. The first-order valence-electron chi connectivity index (χ1n) is 6.21. The number of aromatic nitrogens is 2. The molecule has 0 bridgehead atoms. The quantitative estimate of drug-likeness (QED) is 0.862. The molecule has 0 saturated heterocycles. The Morgan fingerprint density at radius 1 is 1.37 bits per heavy atom. The van der Waals surface area contributed by atoms with Crippen molar-refractivity contribution < 1.29 is 9.90 Å². The molecule has 1 aromatic carbocycles. The van der Waals surface area contributed by atoms with Crippen LogP contribution in [-0.2, 0) is 17.9 Å². The molecule has 1 heterocycles. The van der Waals surface area contributed by atoms with Gasteiger partial charge in [0, 0.05) is 18.4 Å². The Hall–Kier alpha value is -2.30. The second-order valence-corrected chi connectivity index (χ2v) is 4.26. The highest BCUT2D eigenvalue weighted by Gasteiger charge is 2.13. The average Bonchev–Trinajstić information content (AvgIpc) is 2.86. The summed E-state index contributed by atoms with van der Waals surface area (Å²) in [6.07, 6.45) is 3.54. The molecule has 2 aromatic rings. The highest BCUT2D eigenvalue weighted by molar-refractivity contribution is 5.73. The van der Waals surface area contributed by atoms with Gasteiger partial charge in [-0.15, -0.1) is 0 Å². The second kappa shape index (κ2) is 6.04. The number of aryl methyl sites for hydroxylation is 1. The van der Waals surface area contributed by atoms with E-state index < -0.39 is 5.97 Å². The predicted molar refractivity (Wildman–Crippen MR) is 73.0 cm³/mol. The third-order valence-electron chi connectivity index (χ3n) is 2.94. The lowest BCUT2D eigenvalue weighted by atomic mass is 10.2. The Labute approximate surface area is 112 Å². The van der Waals surface area contributed by atoms with Crippen LogP contribution in [0, 0.1) is 0 Å². The standard InChI is InChI=1S/C14H17N3O2/c1-2-16-11-15-8-13(16)9-17(10-14(18)19)12-6-4-3-5-7-12/h3-8,11H,2,9-10H2,1H3,(H,18,19). The van der Waals surface area contributed by atoms with E-state index in [1.807, 2.05) is 46.7 Å². The fourth-order valence-corrected chi connectivity index (χ4v) is 2.00. The van der Waals surface area contributed by atoms with Crippen LogP contribution < -0.4 is 4.90 Å². The van der Waals surface area contributed by atoms with Crippen molar-refractivity contribution in [1.82, 2.24) is 9.55 Å². The molecule has 1 aromatic heterocycles. The molecule has 5 heteroatoms. The minimum Gasteiger partial charge on any atom is -0.480 e. The molecule has 1 N–H and O–H groups in total. The number of para-hydroxylation sites is 1. The summed E-state index contributed by atoms with van der Waals surface area (Å²) in [6, 6.07) is 9.55. The van der Waals surface area contributed by atoms with E-state index in [2.05, 4.69) is 4.98 Å². The Morgan fingerprint density at radius 3 is 2.74 bits per heavy atom. The summed E-state index contributed by atoms with van der Waals surface area (Å²) in [5.74, 6) is -0.841. The number of anilines is 1. The van der Waals surface area contributed by atoms with Crippen LogP contribution >= 0.6 is 0 Å². The maximum absolute atomic E-state index is 11.0. The summed E-state index contributed by atoms with van der Waals surface area (Å²) in [7, 11) is 0. The van der Waals surface area contributed by atoms with Gasteiger partial charge in [0.05, 0.1) is 18.6 Å². The smallest absolute Gasteiger partial charge is 0.323 e. The van der Waals surface area contributed by atoms with Crippen molar-refractivity contribution in [2.45, 2.75) is 20.0 Å². The van der Waals surface area contributed by atoms with Crippen molar-refractivity contribution in [3.8, 4) is 0 Å². The topological polar surface area (TPSA) is 58.4 Å². The van der Waals surface area contributed by atoms with E-state index in [-0.39, 0.29) is 6.54 Å². The number of carboxylic acids is 1. The van der Waals surface area contributed by atoms with E-state index in [4.69, 9.17) is 5.11 Å². The Balaban J connectivity index is 2.21. The summed E-state index contributed by atoms with van der Waals surface area (Å²) in [4.78, 5) is 16.9. The van der Waals surface area contributed by atoms with Crippen LogP contribution in [0.3, 0.4) is 0 Å². The highest BCUT2D eigenvalue weighted by atomic mass is 16.4. The van der Waals surface area contributed by atoms with Crippen molar-refractivity contribution in [3.05, 3.63) is 48.5 Å². The summed E-state index contributed by atoms with van der Waals surface area (Å²) < 4.78 is 2.01. The Morgan fingerprint density at radius 2 is 2.11 bits per heavy atom. The molecule has 2 rings (SSSR count). The van der Waals surface area contributed by atoms with Crippen LogP contribution in [0.2, 0.25) is 0 Å². The van der Waals surface area contributed by atoms with Gasteiger partial charge in [-0.25, -0.2) is 4.98 Å². The van der Waals surface area contributed by atoms with Gasteiger partial charge < -0.3 is 14.6 Å². The van der Waals surface area contributed by atoms with E-state index in [0.29, 0.717) is 6.54 Å². The zero-order valence-corrected chi connectivity index (χ0v) is 10.9. The normalized spacial score (nSPS) is 10.4. The number of aliphatic carboxylic acids is 1. The van der Waals surface area contributed by atoms with Crippen LogP contribution in [-0.4, -0.2) is 27.2 Å². The minimum atomic E-state index is -0.841. The Bertz CT molecular complexity index is 537. The lowest BCUT2D eigenvalue weighted by molar-refractivity contribution is -0.135. The first kappa shape index (κ1) is 13.1. The number of benzene rings is 1. The number of carboxylic acid groups (broad SMARTS) is 1. The van der Waals surface area contributed by atoms with E-state index in [0.717, 1.165) is 17.9 Å². The molecular formula is C14H17N3O2. The fourth-order valence-electron chi connectivity index (χ4n) is 2.00. The number of carbonyl (C=O) groups is 1. The van der Waals surface area contributed by atoms with Gasteiger partial charge in [-0.05, 0) is 19.1 Å². The summed E-state index contributed by atoms with van der Waals surface area (Å²) in [6.45, 7) is 3.36. The predicted octanol–water partition coefficient (Wildman–Crippen LogP) is 1.99. The summed E-state index contributed by atoms with van der Waals surface area (Å²) in [5.41, 5.74) is 1.90. The van der Waals surface area contributed by atoms with Crippen molar-refractivity contribution in [2.24, 2.45) is 0 Å². The molecular weight excluding hydrogens is 242 g/mol. The molecule has 0 atom stereocenters. The minimum absolute atomic E-state index is 0.0289. The molecule has 0 aliphatic carbocycles. The van der Waals surface area contributed by atoms with Crippen molar-refractivity contribution in [3.63, 3.8) is 0 Å². The van der Waals surface area contributed by atoms with Gasteiger partial charge in [0.2, 0.25) is 0 Å². The van der Waals surface area contributed by atoms with Crippen molar-refractivity contribution >= 4 is 11.7 Å². The van der Waals surface area contributed by atoms with Gasteiger partial charge in [0.15, 0.2) is 0 Å². The number of hydrogen-bond acceptors (Lipinski definition) is 3. The molecule has 100 valence electrons. The third-order valence-corrected chi connectivity index (χ3v) is 2.94. The fraction of sp³-hybridized carbons (Fsp3) is 0.286. The lowest BCUT2D eigenvalue weighted by Gasteiger charge is -2.23. The largest absolute Gasteiger partial charge is 0.480 e. The van der Waals surface area contributed by atoms with Gasteiger partial charge in [-0.1, -0.05) is 18.2 Å². The average molecular weight is 259 g/mol. The van der Waals surface area contributed by atoms with E-state index in [1.165, 1.54) is 0 Å². The number of rotatable bonds is 6. The monoisotopic (exact) mass is 259 g/mol. The molecule has 0 unspecified atom stereocenters. The molecule has 0 amide bonds. The summed E-state index contributed by atoms with van der Waals surface area (Å²) >= 11 is 0. The Kier molecular flexibility index (Phi) is 4.18. The van der Waals surface area contributed by atoms with Crippen LogP contribution in [0.5, 0.6) is 0 Å². The third kappa shape index (κ3) is 3.34. The van der Waals surface area contributed by atoms with Crippen LogP contribution in [0.25, 0.3) is 0 Å². The maximum Gasteiger partial charge on any atom is 0.323 e. The van der Waals surface area contributed by atoms with Gasteiger partial charge in [0.25, 0.3) is 0 Å². The molecule has 0 aliphatic rings. The molecule has 5 nitrogen and oxygen atoms in total. The molecule has 0 aliphatic heterocycles. The van der Waals surface area contributed by atoms with Crippen molar-refractivity contribution in [2.75, 3.05) is 11.4 Å². The van der Waals surface area contributed by atoms with Gasteiger partial charge in [-0.3, -0.25) is 4.79 Å². The zero-order chi connectivity index (χ0) is 13.7. The van der Waals surface area contributed by atoms with Gasteiger partial charge in [-0.2, -0.15) is 0 Å². The van der Waals surface area contributed by atoms with Gasteiger partial charge in [0.1, 0.15) is 6.54 Å². The number of nitrogens with zero attached hydrogens (tertiary/aromatic N) is 3. The lowest BCUT2D eigenvalue weighted by Crippen LogP contribution is -2.30.